The summed E-state index contributed by atoms with van der Waals surface area (Å²) in [5.74, 6) is -0.508. The van der Waals surface area contributed by atoms with Crippen LogP contribution in [0.25, 0.3) is 11.0 Å². The van der Waals surface area contributed by atoms with Crippen LogP contribution in [0.3, 0.4) is 0 Å². The Kier molecular flexibility index (Phi) is 4.53. The maximum Gasteiger partial charge on any atom is 0.335 e. The fraction of sp³-hybridized carbons (Fsp3) is 0.118. The zero-order chi connectivity index (χ0) is 18.0. The minimum absolute atomic E-state index is 0.176. The lowest BCUT2D eigenvalue weighted by Gasteiger charge is -2.14. The summed E-state index contributed by atoms with van der Waals surface area (Å²) in [6.07, 6.45) is 0. The molecule has 7 nitrogen and oxygen atoms in total. The molecule has 0 saturated heterocycles. The van der Waals surface area contributed by atoms with Gasteiger partial charge in [-0.15, -0.1) is 0 Å². The third-order valence-corrected chi connectivity index (χ3v) is 3.76. The van der Waals surface area contributed by atoms with Crippen molar-refractivity contribution in [2.45, 2.75) is 0 Å². The van der Waals surface area contributed by atoms with Crippen LogP contribution in [-0.4, -0.2) is 35.4 Å². The molecule has 3 aromatic rings. The van der Waals surface area contributed by atoms with Crippen molar-refractivity contribution in [1.82, 2.24) is 5.16 Å². The van der Waals surface area contributed by atoms with Crippen LogP contribution < -0.4 is 15.5 Å². The van der Waals surface area contributed by atoms with Crippen LogP contribution in [-0.2, 0) is 0 Å². The van der Waals surface area contributed by atoms with E-state index in [9.17, 15) is 4.79 Å². The second kappa shape index (κ2) is 6.78. The van der Waals surface area contributed by atoms with Crippen molar-refractivity contribution in [2.75, 3.05) is 29.6 Å². The minimum Gasteiger partial charge on any atom is -0.478 e. The molecule has 0 aliphatic heterocycles. The van der Waals surface area contributed by atoms with Gasteiger partial charge in [0.25, 0.3) is 0 Å². The van der Waals surface area contributed by atoms with Crippen LogP contribution in [0.1, 0.15) is 10.4 Å². The van der Waals surface area contributed by atoms with Crippen LogP contribution in [0.15, 0.2) is 47.0 Å². The molecule has 3 rings (SSSR count). The first-order chi connectivity index (χ1) is 12.0. The number of aromatic nitrogens is 1. The molecule has 3 N–H and O–H groups in total. The molecule has 0 aliphatic carbocycles. The monoisotopic (exact) mass is 356 g/mol. The van der Waals surface area contributed by atoms with E-state index in [4.69, 9.17) is 21.8 Å². The van der Waals surface area contributed by atoms with Gasteiger partial charge < -0.3 is 25.2 Å². The lowest BCUT2D eigenvalue weighted by Crippen LogP contribution is -2.20. The number of carbonyl (C=O) groups is 1. The average molecular weight is 356 g/mol. The lowest BCUT2D eigenvalue weighted by molar-refractivity contribution is 0.0697. The zero-order valence-corrected chi connectivity index (χ0v) is 14.4. The molecule has 1 aromatic heterocycles. The summed E-state index contributed by atoms with van der Waals surface area (Å²) in [5, 5.41) is 20.1. The molecule has 0 spiro atoms. The van der Waals surface area contributed by atoms with Gasteiger partial charge in [-0.25, -0.2) is 4.79 Å². The molecule has 2 aromatic carbocycles. The molecule has 0 saturated carbocycles. The molecule has 0 fully saturated rings. The number of fused-ring (bicyclic) bond motifs is 1. The van der Waals surface area contributed by atoms with Crippen LogP contribution in [0, 0.1) is 0 Å². The van der Waals surface area contributed by atoms with Crippen molar-refractivity contribution < 1.29 is 14.4 Å². The lowest BCUT2D eigenvalue weighted by atomic mass is 10.2. The van der Waals surface area contributed by atoms with E-state index in [2.05, 4.69) is 15.8 Å². The molecular weight excluding hydrogens is 340 g/mol. The first kappa shape index (κ1) is 16.7. The fourth-order valence-corrected chi connectivity index (χ4v) is 2.65. The van der Waals surface area contributed by atoms with Gasteiger partial charge in [-0.05, 0) is 42.5 Å². The van der Waals surface area contributed by atoms with E-state index in [1.54, 1.807) is 12.1 Å². The highest BCUT2D eigenvalue weighted by Gasteiger charge is 2.15. The number of benzene rings is 2. The molecule has 1 heterocycles. The highest BCUT2D eigenvalue weighted by molar-refractivity contribution is 7.80. The molecule has 0 radical (unpaired) electrons. The van der Waals surface area contributed by atoms with E-state index in [-0.39, 0.29) is 10.7 Å². The molecule has 0 amide bonds. The number of carboxylic acid groups (broad SMARTS) is 1. The Morgan fingerprint density at radius 1 is 1.20 bits per heavy atom. The number of thiocarbonyl (C=S) groups is 1. The number of anilines is 3. The summed E-state index contributed by atoms with van der Waals surface area (Å²) in [6, 6.07) is 12.1. The van der Waals surface area contributed by atoms with Crippen molar-refractivity contribution in [1.29, 1.82) is 0 Å². The average Bonchev–Trinajstić information content (AvgIpc) is 2.97. The summed E-state index contributed by atoms with van der Waals surface area (Å²) < 4.78 is 5.34. The van der Waals surface area contributed by atoms with Gasteiger partial charge in [0.1, 0.15) is 0 Å². The van der Waals surface area contributed by atoms with E-state index in [0.717, 1.165) is 11.1 Å². The minimum atomic E-state index is -0.999. The summed E-state index contributed by atoms with van der Waals surface area (Å²) in [6.45, 7) is 0. The Labute approximate surface area is 149 Å². The van der Waals surface area contributed by atoms with Gasteiger partial charge >= 0.3 is 5.97 Å². The SMILES string of the molecule is CN(C)c1cccc2onc(NC(=S)Nc3cccc(C(=O)O)c3)c12. The number of aromatic carboxylic acids is 1. The normalized spacial score (nSPS) is 10.5. The first-order valence-electron chi connectivity index (χ1n) is 7.43. The van der Waals surface area contributed by atoms with Crippen molar-refractivity contribution in [3.63, 3.8) is 0 Å². The Morgan fingerprint density at radius 2 is 1.96 bits per heavy atom. The molecule has 25 heavy (non-hydrogen) atoms. The standard InChI is InChI=1S/C17H16N4O3S/c1-21(2)12-7-4-8-13-14(12)15(20-24-13)19-17(25)18-11-6-3-5-10(9-11)16(22)23/h3-9H,1-2H3,(H,22,23)(H2,18,19,20,25). The molecule has 0 aliphatic rings. The van der Waals surface area contributed by atoms with Crippen LogP contribution >= 0.6 is 12.2 Å². The van der Waals surface area contributed by atoms with E-state index < -0.39 is 5.97 Å². The van der Waals surface area contributed by atoms with Crippen molar-refractivity contribution in [3.05, 3.63) is 48.0 Å². The predicted molar refractivity (Wildman–Crippen MR) is 102 cm³/mol. The molecule has 8 heteroatoms. The summed E-state index contributed by atoms with van der Waals surface area (Å²) >= 11 is 5.30. The fourth-order valence-electron chi connectivity index (χ4n) is 2.43. The number of hydrogen-bond acceptors (Lipinski definition) is 5. The maximum absolute atomic E-state index is 11.0. The van der Waals surface area contributed by atoms with E-state index >= 15 is 0 Å². The van der Waals surface area contributed by atoms with Gasteiger partial charge in [0.15, 0.2) is 16.5 Å². The number of nitrogens with zero attached hydrogens (tertiary/aromatic N) is 2. The predicted octanol–water partition coefficient (Wildman–Crippen LogP) is 3.40. The Bertz CT molecular complexity index is 952. The van der Waals surface area contributed by atoms with Gasteiger partial charge in [0, 0.05) is 19.8 Å². The van der Waals surface area contributed by atoms with Gasteiger partial charge in [-0.1, -0.05) is 17.3 Å². The molecule has 128 valence electrons. The number of nitrogens with one attached hydrogen (secondary N) is 2. The van der Waals surface area contributed by atoms with Crippen LogP contribution in [0.4, 0.5) is 17.2 Å². The molecule has 0 atom stereocenters. The smallest absolute Gasteiger partial charge is 0.335 e. The largest absolute Gasteiger partial charge is 0.478 e. The third-order valence-electron chi connectivity index (χ3n) is 3.56. The van der Waals surface area contributed by atoms with E-state index in [1.165, 1.54) is 12.1 Å². The Morgan fingerprint density at radius 3 is 2.68 bits per heavy atom. The van der Waals surface area contributed by atoms with E-state index in [0.29, 0.717) is 17.1 Å². The molecule has 0 bridgehead atoms. The van der Waals surface area contributed by atoms with Crippen LogP contribution in [0.2, 0.25) is 0 Å². The highest BCUT2D eigenvalue weighted by Crippen LogP contribution is 2.31. The van der Waals surface area contributed by atoms with Gasteiger partial charge in [0.2, 0.25) is 0 Å². The Balaban J connectivity index is 1.83. The number of hydrogen-bond donors (Lipinski definition) is 3. The summed E-state index contributed by atoms with van der Waals surface area (Å²) in [4.78, 5) is 13.0. The van der Waals surface area contributed by atoms with Crippen molar-refractivity contribution in [3.8, 4) is 0 Å². The Hall–Kier alpha value is -3.13. The van der Waals surface area contributed by atoms with Crippen molar-refractivity contribution in [2.24, 2.45) is 0 Å². The molecular formula is C17H16N4O3S. The number of rotatable bonds is 4. The third kappa shape index (κ3) is 3.53. The quantitative estimate of drug-likeness (QED) is 0.613. The zero-order valence-electron chi connectivity index (χ0n) is 13.6. The van der Waals surface area contributed by atoms with Crippen molar-refractivity contribution >= 4 is 51.5 Å². The molecule has 0 unspecified atom stereocenters. The number of carboxylic acids is 1. The van der Waals surface area contributed by atoms with Crippen LogP contribution in [0.5, 0.6) is 0 Å². The summed E-state index contributed by atoms with van der Waals surface area (Å²) in [7, 11) is 3.86. The van der Waals surface area contributed by atoms with Gasteiger partial charge in [0.05, 0.1) is 16.6 Å². The van der Waals surface area contributed by atoms with Gasteiger partial charge in [-0.3, -0.25) is 0 Å². The first-order valence-corrected chi connectivity index (χ1v) is 7.83. The summed E-state index contributed by atoms with van der Waals surface area (Å²) in [5.41, 5.74) is 2.33. The van der Waals surface area contributed by atoms with Gasteiger partial charge in [-0.2, -0.15) is 0 Å². The maximum atomic E-state index is 11.0. The second-order valence-corrected chi connectivity index (χ2v) is 5.95. The highest BCUT2D eigenvalue weighted by atomic mass is 32.1. The topological polar surface area (TPSA) is 90.6 Å². The van der Waals surface area contributed by atoms with E-state index in [1.807, 2.05) is 37.2 Å². The second-order valence-electron chi connectivity index (χ2n) is 5.54.